The molecule has 0 aromatic heterocycles. The number of carbonyl (C=O) groups is 2. The predicted octanol–water partition coefficient (Wildman–Crippen LogP) is 1.02. The molecule has 9 fully saturated rings. The second-order valence-electron chi connectivity index (χ2n) is 12.1. The fourth-order valence-corrected chi connectivity index (χ4v) is 11.3. The largest absolute Gasteiger partial charge is 0.463 e. The third-order valence-electron chi connectivity index (χ3n) is 10.9. The number of fused-ring (bicyclic) bond motifs is 1. The Balaban J connectivity index is 1.48. The van der Waals surface area contributed by atoms with Crippen LogP contribution in [-0.4, -0.2) is 69.6 Å². The van der Waals surface area contributed by atoms with Crippen LogP contribution < -0.4 is 0 Å². The summed E-state index contributed by atoms with van der Waals surface area (Å²) >= 11 is 0. The topological polar surface area (TPSA) is 96.3 Å². The van der Waals surface area contributed by atoms with Crippen molar-refractivity contribution in [1.29, 1.82) is 0 Å². The molecule has 10 unspecified atom stereocenters. The molecular weight excluding hydrogens is 398 g/mol. The van der Waals surface area contributed by atoms with Gasteiger partial charge in [0.2, 0.25) is 0 Å². The highest BCUT2D eigenvalue weighted by atomic mass is 16.5. The molecule has 7 nitrogen and oxygen atoms in total. The average Bonchev–Trinajstić information content (AvgIpc) is 3.04. The standard InChI is InChI=1S/C24H31NO6/c1-10-5-22-8-14-17-21(4)6-13(30-11(2)26)7-23(17)18(22)16(31-12(3)27)15(10)19(28)24(22,29)20(23)25(14)9-21/h13-20,28-29H,1,5-9H2,2-4H3/t13?,14?,15?,16?,17?,18?,19?,20?,21-,22+,23-,24?/m0/s1. The Hall–Kier alpha value is -1.44. The van der Waals surface area contributed by atoms with Crippen LogP contribution in [0.3, 0.4) is 0 Å². The Morgan fingerprint density at radius 2 is 1.84 bits per heavy atom. The van der Waals surface area contributed by atoms with Gasteiger partial charge in [-0.3, -0.25) is 14.5 Å². The number of piperidine rings is 2. The number of hydrogen-bond acceptors (Lipinski definition) is 7. The number of hydrogen-bond donors (Lipinski definition) is 2. The van der Waals surface area contributed by atoms with Crippen LogP contribution in [-0.2, 0) is 19.1 Å². The van der Waals surface area contributed by atoms with E-state index in [9.17, 15) is 19.8 Å². The highest BCUT2D eigenvalue weighted by Gasteiger charge is 2.95. The molecule has 2 spiro atoms. The fraction of sp³-hybridized carbons (Fsp3) is 0.833. The first-order valence-electron chi connectivity index (χ1n) is 11.7. The third-order valence-corrected chi connectivity index (χ3v) is 10.9. The lowest BCUT2D eigenvalue weighted by atomic mass is 9.39. The van der Waals surface area contributed by atoms with Gasteiger partial charge in [-0.1, -0.05) is 19.1 Å². The van der Waals surface area contributed by atoms with E-state index < -0.39 is 29.1 Å². The van der Waals surface area contributed by atoms with Crippen molar-refractivity contribution in [1.82, 2.24) is 4.90 Å². The summed E-state index contributed by atoms with van der Waals surface area (Å²) in [5, 5.41) is 24.0. The number of rotatable bonds is 2. The van der Waals surface area contributed by atoms with Gasteiger partial charge in [0.1, 0.15) is 17.8 Å². The molecule has 2 N–H and O–H groups in total. The Labute approximate surface area is 181 Å². The van der Waals surface area contributed by atoms with Crippen molar-refractivity contribution in [2.75, 3.05) is 6.54 Å². The summed E-state index contributed by atoms with van der Waals surface area (Å²) in [4.78, 5) is 26.6. The summed E-state index contributed by atoms with van der Waals surface area (Å²) in [6.45, 7) is 10.3. The van der Waals surface area contributed by atoms with E-state index >= 15 is 0 Å². The van der Waals surface area contributed by atoms with Crippen LogP contribution in [0.2, 0.25) is 0 Å². The number of aliphatic hydroxyl groups excluding tert-OH is 1. The molecule has 6 saturated carbocycles. The molecule has 9 aliphatic rings. The SMILES string of the molecule is C=C1C[C@]23CC4C5[C@@]6(C)CC(OC(C)=O)C[C@]57C(N4C6)C2(O)C(O)C1C(OC(C)=O)C73. The average molecular weight is 430 g/mol. The lowest BCUT2D eigenvalue weighted by Crippen LogP contribution is -2.77. The maximum absolute atomic E-state index is 12.4. The van der Waals surface area contributed by atoms with E-state index in [-0.39, 0.29) is 40.8 Å². The van der Waals surface area contributed by atoms with Crippen molar-refractivity contribution in [3.8, 4) is 0 Å². The number of aliphatic hydroxyl groups is 2. The summed E-state index contributed by atoms with van der Waals surface area (Å²) in [6.07, 6.45) is 1.29. The summed E-state index contributed by atoms with van der Waals surface area (Å²) in [7, 11) is 0. The van der Waals surface area contributed by atoms with Crippen LogP contribution >= 0.6 is 0 Å². The first-order chi connectivity index (χ1) is 14.5. The molecule has 3 aliphatic heterocycles. The maximum atomic E-state index is 12.4. The van der Waals surface area contributed by atoms with E-state index in [1.54, 1.807) is 0 Å². The maximum Gasteiger partial charge on any atom is 0.302 e. The molecule has 6 aliphatic carbocycles. The Morgan fingerprint density at radius 1 is 1.13 bits per heavy atom. The zero-order chi connectivity index (χ0) is 21.9. The Bertz CT molecular complexity index is 966. The predicted molar refractivity (Wildman–Crippen MR) is 107 cm³/mol. The molecule has 3 saturated heterocycles. The van der Waals surface area contributed by atoms with Gasteiger partial charge in [-0.15, -0.1) is 0 Å². The quantitative estimate of drug-likeness (QED) is 0.500. The van der Waals surface area contributed by atoms with E-state index in [0.29, 0.717) is 24.8 Å². The lowest BCUT2D eigenvalue weighted by molar-refractivity contribution is -0.283. The molecule has 0 amide bonds. The number of esters is 2. The monoisotopic (exact) mass is 429 g/mol. The zero-order valence-electron chi connectivity index (χ0n) is 18.3. The summed E-state index contributed by atoms with van der Waals surface area (Å²) in [5.41, 5.74) is -1.23. The molecule has 0 aromatic rings. The minimum Gasteiger partial charge on any atom is -0.463 e. The van der Waals surface area contributed by atoms with Crippen LogP contribution in [0.15, 0.2) is 12.2 Å². The second kappa shape index (κ2) is 5.05. The van der Waals surface area contributed by atoms with Crippen LogP contribution in [0.4, 0.5) is 0 Å². The minimum atomic E-state index is -1.25. The molecule has 168 valence electrons. The molecule has 9 rings (SSSR count). The van der Waals surface area contributed by atoms with Crippen molar-refractivity contribution >= 4 is 11.9 Å². The van der Waals surface area contributed by atoms with Gasteiger partial charge >= 0.3 is 11.9 Å². The van der Waals surface area contributed by atoms with E-state index in [1.165, 1.54) is 13.8 Å². The van der Waals surface area contributed by atoms with Crippen LogP contribution in [0.1, 0.15) is 46.5 Å². The second-order valence-corrected chi connectivity index (χ2v) is 12.1. The van der Waals surface area contributed by atoms with E-state index in [4.69, 9.17) is 9.47 Å². The molecule has 3 heterocycles. The Kier molecular flexibility index (Phi) is 3.10. The molecule has 0 aromatic carbocycles. The fourth-order valence-electron chi connectivity index (χ4n) is 11.3. The van der Waals surface area contributed by atoms with Crippen molar-refractivity contribution in [3.05, 3.63) is 12.2 Å². The lowest BCUT2D eigenvalue weighted by Gasteiger charge is -2.68. The van der Waals surface area contributed by atoms with Gasteiger partial charge in [0.05, 0.1) is 6.10 Å². The summed E-state index contributed by atoms with van der Waals surface area (Å²) < 4.78 is 11.8. The highest BCUT2D eigenvalue weighted by molar-refractivity contribution is 5.67. The molecule has 0 radical (unpaired) electrons. The molecular formula is C24H31NO6. The van der Waals surface area contributed by atoms with Gasteiger partial charge in [-0.05, 0) is 37.0 Å². The number of ether oxygens (including phenoxy) is 2. The van der Waals surface area contributed by atoms with Crippen molar-refractivity contribution in [2.45, 2.75) is 82.5 Å². The van der Waals surface area contributed by atoms with Gasteiger partial charge < -0.3 is 19.7 Å². The van der Waals surface area contributed by atoms with E-state index in [2.05, 4.69) is 18.4 Å². The Morgan fingerprint density at radius 3 is 2.52 bits per heavy atom. The highest BCUT2D eigenvalue weighted by Crippen LogP contribution is 2.88. The first kappa shape index (κ1) is 19.1. The van der Waals surface area contributed by atoms with E-state index in [0.717, 1.165) is 25.0 Å². The van der Waals surface area contributed by atoms with Gasteiger partial charge in [-0.25, -0.2) is 0 Å². The minimum absolute atomic E-state index is 0.0169. The third kappa shape index (κ3) is 1.65. The smallest absolute Gasteiger partial charge is 0.302 e. The van der Waals surface area contributed by atoms with Gasteiger partial charge in [0, 0.05) is 55.1 Å². The van der Waals surface area contributed by atoms with Crippen molar-refractivity contribution < 1.29 is 29.3 Å². The summed E-state index contributed by atoms with van der Waals surface area (Å²) in [6, 6.07) is 0.170. The molecule has 7 heteroatoms. The van der Waals surface area contributed by atoms with Crippen molar-refractivity contribution in [2.24, 2.45) is 34.0 Å². The zero-order valence-corrected chi connectivity index (χ0v) is 18.3. The molecule has 31 heavy (non-hydrogen) atoms. The summed E-state index contributed by atoms with van der Waals surface area (Å²) in [5.74, 6) is -0.782. The van der Waals surface area contributed by atoms with Gasteiger partial charge in [0.15, 0.2) is 0 Å². The van der Waals surface area contributed by atoms with Gasteiger partial charge in [-0.2, -0.15) is 0 Å². The van der Waals surface area contributed by atoms with Crippen LogP contribution in [0, 0.1) is 34.0 Å². The van der Waals surface area contributed by atoms with Crippen LogP contribution in [0.5, 0.6) is 0 Å². The molecule has 9 bridgehead atoms. The normalized spacial score (nSPS) is 63.5. The van der Waals surface area contributed by atoms with Crippen molar-refractivity contribution in [3.63, 3.8) is 0 Å². The van der Waals surface area contributed by atoms with Crippen LogP contribution in [0.25, 0.3) is 0 Å². The number of nitrogens with zero attached hydrogens (tertiary/aromatic N) is 1. The number of carbonyl (C=O) groups excluding carboxylic acids is 2. The van der Waals surface area contributed by atoms with Gasteiger partial charge in [0.25, 0.3) is 0 Å². The first-order valence-corrected chi connectivity index (χ1v) is 11.7. The molecule has 13 atom stereocenters. The van der Waals surface area contributed by atoms with E-state index in [1.807, 2.05) is 0 Å².